The first-order valence-corrected chi connectivity index (χ1v) is 10.7. The van der Waals surface area contributed by atoms with Gasteiger partial charge in [-0.25, -0.2) is 4.79 Å². The van der Waals surface area contributed by atoms with Crippen LogP contribution in [0.5, 0.6) is 0 Å². The summed E-state index contributed by atoms with van der Waals surface area (Å²) in [6.45, 7) is 4.38. The highest BCUT2D eigenvalue weighted by Gasteiger charge is 2.26. The van der Waals surface area contributed by atoms with Gasteiger partial charge >= 0.3 is 5.97 Å². The average Bonchev–Trinajstić information content (AvgIpc) is 3.28. The van der Waals surface area contributed by atoms with Gasteiger partial charge in [0.2, 0.25) is 5.91 Å². The van der Waals surface area contributed by atoms with Crippen molar-refractivity contribution in [2.45, 2.75) is 45.3 Å². The second-order valence-corrected chi connectivity index (χ2v) is 8.15. The second kappa shape index (κ2) is 10.9. The average molecular weight is 427 g/mol. The van der Waals surface area contributed by atoms with E-state index in [9.17, 15) is 14.4 Å². The Hall–Kier alpha value is -2.93. The Bertz CT molecular complexity index is 916. The second-order valence-electron chi connectivity index (χ2n) is 8.15. The normalized spacial score (nSPS) is 16.8. The number of hydrogen-bond donors (Lipinski definition) is 2. The van der Waals surface area contributed by atoms with Crippen molar-refractivity contribution >= 4 is 28.6 Å². The van der Waals surface area contributed by atoms with Crippen molar-refractivity contribution < 1.29 is 23.9 Å². The summed E-state index contributed by atoms with van der Waals surface area (Å²) >= 11 is 0. The van der Waals surface area contributed by atoms with Crippen molar-refractivity contribution in [3.63, 3.8) is 0 Å². The van der Waals surface area contributed by atoms with Crippen LogP contribution >= 0.6 is 0 Å². The summed E-state index contributed by atoms with van der Waals surface area (Å²) in [7, 11) is 0. The first kappa shape index (κ1) is 22.7. The highest BCUT2D eigenvalue weighted by molar-refractivity contribution is 5.92. The summed E-state index contributed by atoms with van der Waals surface area (Å²) in [6, 6.07) is 12.8. The minimum absolute atomic E-state index is 0.0245. The van der Waals surface area contributed by atoms with E-state index in [1.54, 1.807) is 0 Å². The number of fused-ring (bicyclic) bond motifs is 1. The van der Waals surface area contributed by atoms with Crippen LogP contribution in [-0.4, -0.2) is 49.7 Å². The van der Waals surface area contributed by atoms with Crippen molar-refractivity contribution in [2.24, 2.45) is 5.92 Å². The van der Waals surface area contributed by atoms with Crippen LogP contribution in [0.4, 0.5) is 0 Å². The zero-order valence-electron chi connectivity index (χ0n) is 18.1. The zero-order chi connectivity index (χ0) is 22.2. The third-order valence-electron chi connectivity index (χ3n) is 5.36. The topological polar surface area (TPSA) is 93.7 Å². The highest BCUT2D eigenvalue weighted by atomic mass is 16.5. The molecule has 2 atom stereocenters. The van der Waals surface area contributed by atoms with Crippen LogP contribution in [0, 0.1) is 5.92 Å². The molecule has 1 aliphatic rings. The Morgan fingerprint density at radius 2 is 1.87 bits per heavy atom. The number of hydrogen-bond acceptors (Lipinski definition) is 5. The molecule has 1 fully saturated rings. The number of esters is 1. The van der Waals surface area contributed by atoms with E-state index in [1.807, 2.05) is 56.3 Å². The molecule has 0 aromatic heterocycles. The molecule has 0 radical (unpaired) electrons. The summed E-state index contributed by atoms with van der Waals surface area (Å²) in [5.41, 5.74) is 0.889. The highest BCUT2D eigenvalue weighted by Crippen LogP contribution is 2.19. The number of carbonyl (C=O) groups is 3. The minimum Gasteiger partial charge on any atom is -0.454 e. The monoisotopic (exact) mass is 426 g/mol. The predicted octanol–water partition coefficient (Wildman–Crippen LogP) is 2.36. The molecule has 31 heavy (non-hydrogen) atoms. The van der Waals surface area contributed by atoms with E-state index in [0.717, 1.165) is 29.2 Å². The van der Waals surface area contributed by atoms with Gasteiger partial charge in [0.05, 0.1) is 12.5 Å². The SMILES string of the molecule is CC(C)[C@H](NC(=O)Cc1cccc2ccccc12)C(=O)OCC(=O)NC[C@H]1CCCO1. The molecule has 7 heteroatoms. The van der Waals surface area contributed by atoms with Crippen LogP contribution in [0.1, 0.15) is 32.3 Å². The Morgan fingerprint density at radius 3 is 2.61 bits per heavy atom. The van der Waals surface area contributed by atoms with Crippen LogP contribution in [-0.2, 0) is 30.3 Å². The molecule has 0 spiro atoms. The molecule has 0 unspecified atom stereocenters. The lowest BCUT2D eigenvalue weighted by atomic mass is 10.0. The Morgan fingerprint density at radius 1 is 1.10 bits per heavy atom. The maximum absolute atomic E-state index is 12.7. The number of nitrogens with one attached hydrogen (secondary N) is 2. The fourth-order valence-electron chi connectivity index (χ4n) is 3.65. The van der Waals surface area contributed by atoms with Gasteiger partial charge in [0, 0.05) is 13.2 Å². The van der Waals surface area contributed by atoms with Crippen LogP contribution in [0.15, 0.2) is 42.5 Å². The van der Waals surface area contributed by atoms with Gasteiger partial charge in [-0.15, -0.1) is 0 Å². The fourth-order valence-corrected chi connectivity index (χ4v) is 3.65. The number of ether oxygens (including phenoxy) is 2. The third kappa shape index (κ3) is 6.52. The molecule has 2 aromatic carbocycles. The van der Waals surface area contributed by atoms with Gasteiger partial charge in [0.1, 0.15) is 6.04 Å². The summed E-state index contributed by atoms with van der Waals surface area (Å²) in [6.07, 6.45) is 2.08. The van der Waals surface area contributed by atoms with Gasteiger partial charge < -0.3 is 20.1 Å². The Labute approximate surface area is 182 Å². The van der Waals surface area contributed by atoms with Gasteiger partial charge in [-0.2, -0.15) is 0 Å². The lowest BCUT2D eigenvalue weighted by molar-refractivity contribution is -0.152. The summed E-state index contributed by atoms with van der Waals surface area (Å²) < 4.78 is 10.6. The molecule has 1 heterocycles. The number of benzene rings is 2. The van der Waals surface area contributed by atoms with E-state index < -0.39 is 12.0 Å². The van der Waals surface area contributed by atoms with Crippen molar-refractivity contribution in [3.8, 4) is 0 Å². The number of carbonyl (C=O) groups excluding carboxylic acids is 3. The maximum atomic E-state index is 12.7. The van der Waals surface area contributed by atoms with E-state index in [1.165, 1.54) is 0 Å². The molecule has 0 aliphatic carbocycles. The number of rotatable bonds is 9. The minimum atomic E-state index is -0.826. The maximum Gasteiger partial charge on any atom is 0.329 e. The molecule has 1 aliphatic heterocycles. The molecule has 7 nitrogen and oxygen atoms in total. The molecule has 3 rings (SSSR count). The summed E-state index contributed by atoms with van der Waals surface area (Å²) in [5, 5.41) is 7.54. The number of amides is 2. The third-order valence-corrected chi connectivity index (χ3v) is 5.36. The molecular weight excluding hydrogens is 396 g/mol. The predicted molar refractivity (Wildman–Crippen MR) is 117 cm³/mol. The molecule has 166 valence electrons. The molecule has 0 bridgehead atoms. The van der Waals surface area contributed by atoms with E-state index in [4.69, 9.17) is 9.47 Å². The lowest BCUT2D eigenvalue weighted by Gasteiger charge is -2.21. The van der Waals surface area contributed by atoms with Gasteiger partial charge in [-0.1, -0.05) is 56.3 Å². The fraction of sp³-hybridized carbons (Fsp3) is 0.458. The van der Waals surface area contributed by atoms with Gasteiger partial charge in [-0.05, 0) is 35.1 Å². The van der Waals surface area contributed by atoms with Gasteiger partial charge in [0.15, 0.2) is 6.61 Å². The molecule has 2 amide bonds. The quantitative estimate of drug-likeness (QED) is 0.601. The van der Waals surface area contributed by atoms with Crippen molar-refractivity contribution in [1.82, 2.24) is 10.6 Å². The molecule has 2 aromatic rings. The van der Waals surface area contributed by atoms with Crippen LogP contribution in [0.3, 0.4) is 0 Å². The molecule has 0 saturated carbocycles. The lowest BCUT2D eigenvalue weighted by Crippen LogP contribution is -2.46. The van der Waals surface area contributed by atoms with Crippen molar-refractivity contribution in [2.75, 3.05) is 19.8 Å². The largest absolute Gasteiger partial charge is 0.454 e. The van der Waals surface area contributed by atoms with Crippen molar-refractivity contribution in [1.29, 1.82) is 0 Å². The first-order chi connectivity index (χ1) is 14.9. The Kier molecular flexibility index (Phi) is 8.00. The van der Waals surface area contributed by atoms with Gasteiger partial charge in [-0.3, -0.25) is 9.59 Å². The van der Waals surface area contributed by atoms with Crippen molar-refractivity contribution in [3.05, 3.63) is 48.0 Å². The molecule has 2 N–H and O–H groups in total. The Balaban J connectivity index is 1.51. The standard InChI is InChI=1S/C24H30N2O5/c1-16(2)23(24(29)31-15-22(28)25-14-19-10-6-12-30-19)26-21(27)13-18-9-5-8-17-7-3-4-11-20(17)18/h3-5,7-9,11,16,19,23H,6,10,12-15H2,1-2H3,(H,25,28)(H,26,27)/t19-,23+/m1/s1. The molecule has 1 saturated heterocycles. The van der Waals surface area contributed by atoms with E-state index >= 15 is 0 Å². The van der Waals surface area contributed by atoms with E-state index in [0.29, 0.717) is 13.2 Å². The smallest absolute Gasteiger partial charge is 0.329 e. The summed E-state index contributed by atoms with van der Waals surface area (Å²) in [4.78, 5) is 37.1. The van der Waals surface area contributed by atoms with E-state index in [-0.39, 0.29) is 36.9 Å². The van der Waals surface area contributed by atoms with E-state index in [2.05, 4.69) is 10.6 Å². The first-order valence-electron chi connectivity index (χ1n) is 10.7. The van der Waals surface area contributed by atoms with Crippen LogP contribution in [0.2, 0.25) is 0 Å². The zero-order valence-corrected chi connectivity index (χ0v) is 18.1. The van der Waals surface area contributed by atoms with Gasteiger partial charge in [0.25, 0.3) is 5.91 Å². The molecular formula is C24H30N2O5. The van der Waals surface area contributed by atoms with Crippen LogP contribution in [0.25, 0.3) is 10.8 Å². The summed E-state index contributed by atoms with van der Waals surface area (Å²) in [5.74, 6) is -1.45. The van der Waals surface area contributed by atoms with Crippen LogP contribution < -0.4 is 10.6 Å².